The summed E-state index contributed by atoms with van der Waals surface area (Å²) in [4.78, 5) is 0. The Bertz CT molecular complexity index is 1610. The van der Waals surface area contributed by atoms with Crippen LogP contribution in [0.1, 0.15) is 98.9 Å². The summed E-state index contributed by atoms with van der Waals surface area (Å²) in [5, 5.41) is -0.175. The van der Waals surface area contributed by atoms with E-state index in [-0.39, 0.29) is 12.1 Å². The minimum Gasteiger partial charge on any atom is -0.166 e. The molecule has 3 saturated carbocycles. The standard InChI is InChI=1S/C41H39F12P2/c1-25(34-16-10-17-35(34)36-15-8-9-18-37(36)55(30-11-4-2-5-12-30)31-13-6-3-7-14-31)54(32-21-26(38(42,43)44)19-27(22-32)39(45,46)47)33-23-28(40(48,49)50)20-29(24-33)41(51,52)53/h8-10,15-25,30-31H,2-7,11-14H2,1H3. The first-order chi connectivity index (χ1) is 25.7. The van der Waals surface area contributed by atoms with Gasteiger partial charge in [0, 0.05) is 5.92 Å². The van der Waals surface area contributed by atoms with Gasteiger partial charge in [-0.25, -0.2) is 0 Å². The molecule has 0 N–H and O–H groups in total. The van der Waals surface area contributed by atoms with Gasteiger partial charge in [-0.05, 0) is 134 Å². The molecule has 0 nitrogen and oxygen atoms in total. The highest BCUT2D eigenvalue weighted by molar-refractivity contribution is 7.73. The third-order valence-corrected chi connectivity index (χ3v) is 17.0. The van der Waals surface area contributed by atoms with Crippen LogP contribution in [0.15, 0.2) is 60.7 Å². The third-order valence-electron chi connectivity index (χ3n) is 10.8. The largest absolute Gasteiger partial charge is 0.416 e. The van der Waals surface area contributed by atoms with Crippen LogP contribution < -0.4 is 15.9 Å². The van der Waals surface area contributed by atoms with Gasteiger partial charge >= 0.3 is 24.7 Å². The molecule has 0 bridgehead atoms. The van der Waals surface area contributed by atoms with Gasteiger partial charge in [0.2, 0.25) is 0 Å². The molecule has 3 aromatic rings. The Morgan fingerprint density at radius 2 is 0.927 bits per heavy atom. The van der Waals surface area contributed by atoms with Gasteiger partial charge < -0.3 is 0 Å². The quantitative estimate of drug-likeness (QED) is 0.157. The van der Waals surface area contributed by atoms with E-state index in [2.05, 4.69) is 6.07 Å². The molecule has 297 valence electrons. The molecule has 14 heteroatoms. The number of hydrogen-bond donors (Lipinski definition) is 0. The lowest BCUT2D eigenvalue weighted by atomic mass is 9.87. The molecule has 0 heterocycles. The van der Waals surface area contributed by atoms with Crippen molar-refractivity contribution in [3.05, 3.63) is 120 Å². The van der Waals surface area contributed by atoms with Crippen molar-refractivity contribution in [3.63, 3.8) is 0 Å². The molecular formula is C41H39F12P2. The maximum Gasteiger partial charge on any atom is 0.416 e. The molecule has 3 aliphatic carbocycles. The predicted octanol–water partition coefficient (Wildman–Crippen LogP) is 13.2. The highest BCUT2D eigenvalue weighted by atomic mass is 31.1. The number of benzene rings is 3. The third kappa shape index (κ3) is 9.70. The zero-order chi connectivity index (χ0) is 39.9. The molecule has 0 amide bonds. The molecular weight excluding hydrogens is 782 g/mol. The monoisotopic (exact) mass is 821 g/mol. The zero-order valence-electron chi connectivity index (χ0n) is 29.7. The Labute approximate surface area is 316 Å². The summed E-state index contributed by atoms with van der Waals surface area (Å²) < 4.78 is 170. The Morgan fingerprint density at radius 1 is 0.527 bits per heavy atom. The molecule has 55 heavy (non-hydrogen) atoms. The summed E-state index contributed by atoms with van der Waals surface area (Å²) in [6, 6.07) is 9.28. The van der Waals surface area contributed by atoms with Gasteiger partial charge in [-0.15, -0.1) is 0 Å². The van der Waals surface area contributed by atoms with E-state index in [4.69, 9.17) is 0 Å². The Kier molecular flexibility index (Phi) is 12.7. The summed E-state index contributed by atoms with van der Waals surface area (Å²) in [5.74, 6) is 1.03. The molecule has 3 fully saturated rings. The zero-order valence-corrected chi connectivity index (χ0v) is 31.5. The van der Waals surface area contributed by atoms with Gasteiger partial charge in [0.05, 0.1) is 22.3 Å². The molecule has 0 aliphatic heterocycles. The van der Waals surface area contributed by atoms with Crippen molar-refractivity contribution >= 4 is 31.8 Å². The molecule has 0 spiro atoms. The second kappa shape index (κ2) is 16.5. The molecule has 0 aromatic heterocycles. The van der Waals surface area contributed by atoms with Crippen molar-refractivity contribution in [1.82, 2.24) is 0 Å². The van der Waals surface area contributed by atoms with Gasteiger partial charge in [-0.3, -0.25) is 0 Å². The maximum atomic E-state index is 14.2. The lowest BCUT2D eigenvalue weighted by molar-refractivity contribution is -0.144. The van der Waals surface area contributed by atoms with E-state index in [0.717, 1.165) is 75.1 Å². The summed E-state index contributed by atoms with van der Waals surface area (Å²) in [7, 11) is -3.48. The minimum atomic E-state index is -5.30. The average Bonchev–Trinajstić information content (AvgIpc) is 3.61. The normalized spacial score (nSPS) is 19.8. The predicted molar refractivity (Wildman–Crippen MR) is 194 cm³/mol. The first kappa shape index (κ1) is 42.3. The van der Waals surface area contributed by atoms with Crippen LogP contribution >= 0.6 is 15.8 Å². The summed E-state index contributed by atoms with van der Waals surface area (Å²) >= 11 is 0. The fraction of sp³-hybridized carbons (Fsp3) is 0.439. The summed E-state index contributed by atoms with van der Waals surface area (Å²) in [6.45, 7) is 1.46. The second-order valence-electron chi connectivity index (χ2n) is 14.5. The van der Waals surface area contributed by atoms with Crippen molar-refractivity contribution in [1.29, 1.82) is 0 Å². The Hall–Kier alpha value is -2.32. The Morgan fingerprint density at radius 3 is 1.33 bits per heavy atom. The van der Waals surface area contributed by atoms with Crippen LogP contribution in [0.2, 0.25) is 0 Å². The van der Waals surface area contributed by atoms with Crippen molar-refractivity contribution in [2.24, 2.45) is 0 Å². The first-order valence-corrected chi connectivity index (χ1v) is 21.1. The molecule has 1 unspecified atom stereocenters. The lowest BCUT2D eigenvalue weighted by Gasteiger charge is -2.41. The van der Waals surface area contributed by atoms with E-state index in [1.54, 1.807) is 19.3 Å². The summed E-state index contributed by atoms with van der Waals surface area (Å²) in [6.07, 6.45) is -5.15. The average molecular weight is 822 g/mol. The van der Waals surface area contributed by atoms with Crippen LogP contribution in [0.3, 0.4) is 0 Å². The molecule has 5 radical (unpaired) electrons. The summed E-state index contributed by atoms with van der Waals surface area (Å²) in [5.41, 5.74) is -6.23. The van der Waals surface area contributed by atoms with Crippen LogP contribution in [0.5, 0.6) is 0 Å². The Balaban J connectivity index is 1.52. The number of alkyl halides is 12. The van der Waals surface area contributed by atoms with Gasteiger partial charge in [0.1, 0.15) is 0 Å². The van der Waals surface area contributed by atoms with E-state index in [1.165, 1.54) is 6.92 Å². The van der Waals surface area contributed by atoms with E-state index in [9.17, 15) is 52.7 Å². The fourth-order valence-electron chi connectivity index (χ4n) is 8.27. The molecule has 3 aliphatic rings. The van der Waals surface area contributed by atoms with Gasteiger partial charge in [-0.2, -0.15) is 52.7 Å². The van der Waals surface area contributed by atoms with Crippen LogP contribution in [0.4, 0.5) is 52.7 Å². The van der Waals surface area contributed by atoms with E-state index < -0.39 is 79.1 Å². The highest BCUT2D eigenvalue weighted by Gasteiger charge is 2.45. The lowest BCUT2D eigenvalue weighted by Crippen LogP contribution is -2.32. The minimum absolute atomic E-state index is 0.0992. The van der Waals surface area contributed by atoms with Crippen LogP contribution in [-0.2, 0) is 24.7 Å². The van der Waals surface area contributed by atoms with Crippen molar-refractivity contribution in [2.45, 2.75) is 113 Å². The first-order valence-electron chi connectivity index (χ1n) is 18.2. The number of halogens is 12. The van der Waals surface area contributed by atoms with Crippen molar-refractivity contribution < 1.29 is 52.7 Å². The van der Waals surface area contributed by atoms with Gasteiger partial charge in [-0.1, -0.05) is 77.6 Å². The van der Waals surface area contributed by atoms with E-state index in [1.807, 2.05) is 18.2 Å². The fourth-order valence-corrected chi connectivity index (χ4v) is 15.0. The van der Waals surface area contributed by atoms with E-state index >= 15 is 0 Å². The van der Waals surface area contributed by atoms with Crippen LogP contribution in [0.25, 0.3) is 0 Å². The smallest absolute Gasteiger partial charge is 0.166 e. The number of rotatable bonds is 8. The second-order valence-corrected chi connectivity index (χ2v) is 19.8. The SMILES string of the molecule is CC([C]1[CH][CH][CH][C]1c1ccccc1P(C1CCCCC1)C1CCCCC1)P(c1cc(C(F)(F)F)cc(C(F)(F)F)c1)c1cc(C(F)(F)F)cc(C(F)(F)F)c1. The number of hydrogen-bond acceptors (Lipinski definition) is 0. The maximum absolute atomic E-state index is 14.2. The molecule has 6 rings (SSSR count). The van der Waals surface area contributed by atoms with Crippen LogP contribution in [0, 0.1) is 31.1 Å². The van der Waals surface area contributed by atoms with E-state index in [0.29, 0.717) is 47.4 Å². The topological polar surface area (TPSA) is 0 Å². The van der Waals surface area contributed by atoms with Crippen molar-refractivity contribution in [2.75, 3.05) is 0 Å². The molecule has 0 saturated heterocycles. The molecule has 3 aromatic carbocycles. The molecule has 1 atom stereocenters. The van der Waals surface area contributed by atoms with Crippen LogP contribution in [-0.4, -0.2) is 17.0 Å². The highest BCUT2D eigenvalue weighted by Crippen LogP contribution is 2.59. The van der Waals surface area contributed by atoms with Gasteiger partial charge in [0.15, 0.2) is 0 Å². The van der Waals surface area contributed by atoms with Crippen molar-refractivity contribution in [3.8, 4) is 0 Å². The van der Waals surface area contributed by atoms with Gasteiger partial charge in [0.25, 0.3) is 0 Å².